The van der Waals surface area contributed by atoms with E-state index in [0.29, 0.717) is 6.04 Å². The van der Waals surface area contributed by atoms with Crippen LogP contribution in [0.15, 0.2) is 48.5 Å². The second-order valence-electron chi connectivity index (χ2n) is 5.43. The van der Waals surface area contributed by atoms with Crippen molar-refractivity contribution in [2.45, 2.75) is 38.8 Å². The van der Waals surface area contributed by atoms with Crippen LogP contribution in [0.5, 0.6) is 0 Å². The first kappa shape index (κ1) is 12.4. The molecular formula is C18H21N. The number of benzene rings is 2. The molecule has 1 aliphatic rings. The Balaban J connectivity index is 1.72. The highest BCUT2D eigenvalue weighted by molar-refractivity contribution is 5.35. The normalized spacial score (nSPS) is 18.1. The lowest BCUT2D eigenvalue weighted by atomic mass is 9.91. The highest BCUT2D eigenvalue weighted by atomic mass is 14.9. The quantitative estimate of drug-likeness (QED) is 0.880. The number of rotatable bonds is 3. The smallest absolute Gasteiger partial charge is 0.0211 e. The first-order valence-corrected chi connectivity index (χ1v) is 7.23. The van der Waals surface area contributed by atoms with Gasteiger partial charge in [-0.3, -0.25) is 0 Å². The standard InChI is InChI=1S/C18H21N/c1-2-14-8-9-16-12-18(19-13-17(16)10-14)11-15-6-4-3-5-7-15/h3-10,18-19H,2,11-13H2,1H3. The summed E-state index contributed by atoms with van der Waals surface area (Å²) in [5.74, 6) is 0. The fraction of sp³-hybridized carbons (Fsp3) is 0.333. The zero-order valence-corrected chi connectivity index (χ0v) is 11.5. The molecule has 1 aliphatic heterocycles. The van der Waals surface area contributed by atoms with E-state index in [4.69, 9.17) is 0 Å². The first-order chi connectivity index (χ1) is 9.35. The molecule has 0 amide bonds. The van der Waals surface area contributed by atoms with Crippen molar-refractivity contribution in [1.82, 2.24) is 5.32 Å². The van der Waals surface area contributed by atoms with Crippen molar-refractivity contribution < 1.29 is 0 Å². The highest BCUT2D eigenvalue weighted by Crippen LogP contribution is 2.20. The lowest BCUT2D eigenvalue weighted by Crippen LogP contribution is -2.37. The zero-order chi connectivity index (χ0) is 13.1. The van der Waals surface area contributed by atoms with Crippen LogP contribution in [0.3, 0.4) is 0 Å². The summed E-state index contributed by atoms with van der Waals surface area (Å²) in [6, 6.07) is 18.3. The number of hydrogen-bond donors (Lipinski definition) is 1. The Kier molecular flexibility index (Phi) is 3.65. The van der Waals surface area contributed by atoms with Gasteiger partial charge in [-0.25, -0.2) is 0 Å². The summed E-state index contributed by atoms with van der Waals surface area (Å²) in [6.07, 6.45) is 3.39. The van der Waals surface area contributed by atoms with Gasteiger partial charge in [0.25, 0.3) is 0 Å². The van der Waals surface area contributed by atoms with Gasteiger partial charge in [0.15, 0.2) is 0 Å². The molecule has 0 radical (unpaired) electrons. The van der Waals surface area contributed by atoms with Crippen LogP contribution in [0.25, 0.3) is 0 Å². The van der Waals surface area contributed by atoms with E-state index >= 15 is 0 Å². The van der Waals surface area contributed by atoms with Crippen LogP contribution in [0, 0.1) is 0 Å². The molecule has 0 aromatic heterocycles. The van der Waals surface area contributed by atoms with E-state index in [9.17, 15) is 0 Å². The van der Waals surface area contributed by atoms with Crippen LogP contribution in [-0.4, -0.2) is 6.04 Å². The average Bonchev–Trinajstić information content (AvgIpc) is 2.48. The van der Waals surface area contributed by atoms with Crippen LogP contribution in [0.2, 0.25) is 0 Å². The SMILES string of the molecule is CCc1ccc2c(c1)CNC(Cc1ccccc1)C2. The average molecular weight is 251 g/mol. The molecule has 0 spiro atoms. The fourth-order valence-electron chi connectivity index (χ4n) is 2.90. The second-order valence-corrected chi connectivity index (χ2v) is 5.43. The van der Waals surface area contributed by atoms with Crippen molar-refractivity contribution in [2.75, 3.05) is 0 Å². The Bertz CT molecular complexity index is 545. The molecule has 0 bridgehead atoms. The van der Waals surface area contributed by atoms with Gasteiger partial charge in [0.1, 0.15) is 0 Å². The van der Waals surface area contributed by atoms with Crippen molar-refractivity contribution in [3.05, 3.63) is 70.8 Å². The van der Waals surface area contributed by atoms with Gasteiger partial charge in [-0.15, -0.1) is 0 Å². The number of aryl methyl sites for hydroxylation is 1. The molecule has 1 heterocycles. The largest absolute Gasteiger partial charge is 0.309 e. The third kappa shape index (κ3) is 2.87. The highest BCUT2D eigenvalue weighted by Gasteiger charge is 2.18. The maximum absolute atomic E-state index is 3.68. The van der Waals surface area contributed by atoms with Crippen LogP contribution < -0.4 is 5.32 Å². The van der Waals surface area contributed by atoms with Gasteiger partial charge in [-0.2, -0.15) is 0 Å². The van der Waals surface area contributed by atoms with Gasteiger partial charge in [0.2, 0.25) is 0 Å². The Labute approximate surface area is 115 Å². The van der Waals surface area contributed by atoms with Crippen LogP contribution in [-0.2, 0) is 25.8 Å². The van der Waals surface area contributed by atoms with E-state index in [2.05, 4.69) is 60.8 Å². The second kappa shape index (κ2) is 5.58. The van der Waals surface area contributed by atoms with Gasteiger partial charge >= 0.3 is 0 Å². The van der Waals surface area contributed by atoms with Crippen molar-refractivity contribution in [2.24, 2.45) is 0 Å². The van der Waals surface area contributed by atoms with E-state index in [0.717, 1.165) is 25.8 Å². The third-order valence-corrected chi connectivity index (χ3v) is 4.05. The van der Waals surface area contributed by atoms with Gasteiger partial charge in [-0.05, 0) is 41.5 Å². The molecule has 1 heteroatoms. The van der Waals surface area contributed by atoms with Crippen molar-refractivity contribution in [3.8, 4) is 0 Å². The maximum atomic E-state index is 3.68. The van der Waals surface area contributed by atoms with E-state index in [1.807, 2.05) is 0 Å². The van der Waals surface area contributed by atoms with E-state index in [1.54, 1.807) is 0 Å². The Morgan fingerprint density at radius 2 is 1.84 bits per heavy atom. The lowest BCUT2D eigenvalue weighted by Gasteiger charge is -2.26. The summed E-state index contributed by atoms with van der Waals surface area (Å²) in [6.45, 7) is 3.23. The van der Waals surface area contributed by atoms with Crippen LogP contribution >= 0.6 is 0 Å². The molecule has 1 nitrogen and oxygen atoms in total. The van der Waals surface area contributed by atoms with Crippen LogP contribution in [0.4, 0.5) is 0 Å². The van der Waals surface area contributed by atoms with Crippen molar-refractivity contribution >= 4 is 0 Å². The van der Waals surface area contributed by atoms with Crippen LogP contribution in [0.1, 0.15) is 29.2 Å². The Morgan fingerprint density at radius 1 is 1.00 bits per heavy atom. The monoisotopic (exact) mass is 251 g/mol. The molecule has 2 aromatic carbocycles. The predicted molar refractivity (Wildman–Crippen MR) is 80.3 cm³/mol. The first-order valence-electron chi connectivity index (χ1n) is 7.23. The minimum Gasteiger partial charge on any atom is -0.309 e. The molecule has 0 saturated heterocycles. The number of nitrogens with one attached hydrogen (secondary N) is 1. The summed E-state index contributed by atoms with van der Waals surface area (Å²) in [5, 5.41) is 3.68. The molecule has 19 heavy (non-hydrogen) atoms. The molecular weight excluding hydrogens is 230 g/mol. The summed E-state index contributed by atoms with van der Waals surface area (Å²) in [7, 11) is 0. The maximum Gasteiger partial charge on any atom is 0.0211 e. The number of fused-ring (bicyclic) bond motifs is 1. The Morgan fingerprint density at radius 3 is 2.63 bits per heavy atom. The molecule has 0 saturated carbocycles. The Hall–Kier alpha value is -1.60. The van der Waals surface area contributed by atoms with E-state index in [1.165, 1.54) is 22.3 Å². The van der Waals surface area contributed by atoms with Gasteiger partial charge in [0, 0.05) is 12.6 Å². The van der Waals surface area contributed by atoms with Gasteiger partial charge in [0.05, 0.1) is 0 Å². The minimum atomic E-state index is 0.572. The van der Waals surface area contributed by atoms with Crippen molar-refractivity contribution in [1.29, 1.82) is 0 Å². The minimum absolute atomic E-state index is 0.572. The molecule has 1 atom stereocenters. The summed E-state index contributed by atoms with van der Waals surface area (Å²) >= 11 is 0. The lowest BCUT2D eigenvalue weighted by molar-refractivity contribution is 0.477. The summed E-state index contributed by atoms with van der Waals surface area (Å²) in [4.78, 5) is 0. The molecule has 98 valence electrons. The van der Waals surface area contributed by atoms with Gasteiger partial charge in [-0.1, -0.05) is 55.5 Å². The molecule has 2 aromatic rings. The molecule has 0 aliphatic carbocycles. The van der Waals surface area contributed by atoms with Crippen molar-refractivity contribution in [3.63, 3.8) is 0 Å². The molecule has 3 rings (SSSR count). The fourth-order valence-corrected chi connectivity index (χ4v) is 2.90. The zero-order valence-electron chi connectivity index (χ0n) is 11.5. The number of hydrogen-bond acceptors (Lipinski definition) is 1. The molecule has 0 fully saturated rings. The van der Waals surface area contributed by atoms with E-state index in [-0.39, 0.29) is 0 Å². The molecule has 1 N–H and O–H groups in total. The van der Waals surface area contributed by atoms with Gasteiger partial charge < -0.3 is 5.32 Å². The van der Waals surface area contributed by atoms with E-state index < -0.39 is 0 Å². The predicted octanol–water partition coefficient (Wildman–Crippen LogP) is 3.51. The molecule has 1 unspecified atom stereocenters. The topological polar surface area (TPSA) is 12.0 Å². The summed E-state index contributed by atoms with van der Waals surface area (Å²) < 4.78 is 0. The summed E-state index contributed by atoms with van der Waals surface area (Å²) in [5.41, 5.74) is 5.89. The third-order valence-electron chi connectivity index (χ3n) is 4.05.